The van der Waals surface area contributed by atoms with Gasteiger partial charge in [0, 0.05) is 32.1 Å². The molecule has 0 radical (unpaired) electrons. The van der Waals surface area contributed by atoms with Crippen LogP contribution >= 0.6 is 0 Å². The van der Waals surface area contributed by atoms with Crippen molar-refractivity contribution >= 4 is 20.0 Å². The topological polar surface area (TPSA) is 191 Å². The Kier molecular flexibility index (Phi) is 22.0. The molecule has 0 saturated carbocycles. The maximum atomic E-state index is 14.2. The molecule has 0 unspecified atom stereocenters. The molecular formula is C55H72N6O11S2. The van der Waals surface area contributed by atoms with Crippen molar-refractivity contribution in [3.05, 3.63) is 155 Å². The molecule has 17 nitrogen and oxygen atoms in total. The lowest BCUT2D eigenvalue weighted by atomic mass is 9.92. The van der Waals surface area contributed by atoms with Crippen LogP contribution in [-0.2, 0) is 51.0 Å². The van der Waals surface area contributed by atoms with Crippen molar-refractivity contribution in [2.45, 2.75) is 103 Å². The minimum Gasteiger partial charge on any atom is -0.497 e. The van der Waals surface area contributed by atoms with Crippen LogP contribution in [0.15, 0.2) is 122 Å². The lowest BCUT2D eigenvalue weighted by molar-refractivity contribution is 0.00292. The Balaban J connectivity index is 0.000000274. The van der Waals surface area contributed by atoms with E-state index in [0.717, 1.165) is 33.8 Å². The summed E-state index contributed by atoms with van der Waals surface area (Å²) in [6.07, 6.45) is 5.69. The van der Waals surface area contributed by atoms with Crippen molar-refractivity contribution in [3.8, 4) is 34.8 Å². The normalized spacial score (nSPS) is 13.4. The molecule has 4 aromatic carbocycles. The molecule has 74 heavy (non-hydrogen) atoms. The summed E-state index contributed by atoms with van der Waals surface area (Å²) in [5, 5.41) is -1.68. The van der Waals surface area contributed by atoms with Crippen LogP contribution in [0.25, 0.3) is 0 Å². The highest BCUT2D eigenvalue weighted by atomic mass is 32.2. The predicted molar refractivity (Wildman–Crippen MR) is 286 cm³/mol. The van der Waals surface area contributed by atoms with Gasteiger partial charge in [0.05, 0.1) is 90.2 Å². The molecule has 0 N–H and O–H groups in total. The van der Waals surface area contributed by atoms with Crippen LogP contribution < -0.4 is 28.4 Å². The van der Waals surface area contributed by atoms with Crippen molar-refractivity contribution in [2.75, 3.05) is 42.7 Å². The molecule has 0 fully saturated rings. The maximum Gasteiger partial charge on any atom is 0.231 e. The molecule has 6 rings (SSSR count). The number of benzene rings is 4. The number of ether oxygens (including phenoxy) is 7. The molecule has 0 aliphatic carbocycles. The maximum absolute atomic E-state index is 14.2. The van der Waals surface area contributed by atoms with E-state index in [1.807, 2.05) is 111 Å². The molecule has 2 heterocycles. The molecule has 6 aromatic rings. The SMILES string of the molecule is COc1ccc(CN(Cc2ccc(OC)cc2)S(=O)(=O)[C@@H](C)[C@@H](CC(C)C)c2cnc(OC)cn2)cc1.COc1ccc(CN(Cc2ccc(OC)cc2)S(=O)(=O)[C@H](C)[C@H](OC(C)C)c2cnc(OC)cn2)cc1. The Bertz CT molecular complexity index is 2530. The highest BCUT2D eigenvalue weighted by Gasteiger charge is 2.39. The average molecular weight is 1060 g/mol. The van der Waals surface area contributed by atoms with Gasteiger partial charge < -0.3 is 33.2 Å². The number of sulfonamides is 2. The number of nitrogens with zero attached hydrogens (tertiary/aromatic N) is 6. The Morgan fingerprint density at radius 2 is 0.743 bits per heavy atom. The third-order valence-electron chi connectivity index (χ3n) is 12.3. The summed E-state index contributed by atoms with van der Waals surface area (Å²) < 4.78 is 97.1. The Morgan fingerprint density at radius 3 is 1.01 bits per heavy atom. The molecule has 0 aliphatic heterocycles. The quantitative estimate of drug-likeness (QED) is 0.0499. The van der Waals surface area contributed by atoms with Gasteiger partial charge in [-0.3, -0.25) is 9.97 Å². The van der Waals surface area contributed by atoms with E-state index >= 15 is 0 Å². The molecule has 19 heteroatoms. The zero-order valence-corrected chi connectivity index (χ0v) is 46.2. The van der Waals surface area contributed by atoms with Crippen LogP contribution in [0.2, 0.25) is 0 Å². The zero-order chi connectivity index (χ0) is 54.0. The van der Waals surface area contributed by atoms with E-state index in [2.05, 4.69) is 33.8 Å². The van der Waals surface area contributed by atoms with Gasteiger partial charge in [0.2, 0.25) is 31.8 Å². The number of aromatic nitrogens is 4. The molecule has 0 spiro atoms. The highest BCUT2D eigenvalue weighted by Crippen LogP contribution is 2.34. The van der Waals surface area contributed by atoms with Gasteiger partial charge in [-0.1, -0.05) is 62.4 Å². The first-order chi connectivity index (χ1) is 35.3. The second kappa shape index (κ2) is 27.8. The van der Waals surface area contributed by atoms with Gasteiger partial charge >= 0.3 is 0 Å². The first-order valence-corrected chi connectivity index (χ1v) is 27.2. The fraction of sp³-hybridized carbons (Fsp3) is 0.418. The van der Waals surface area contributed by atoms with Crippen molar-refractivity contribution in [1.82, 2.24) is 28.5 Å². The fourth-order valence-electron chi connectivity index (χ4n) is 8.02. The lowest BCUT2D eigenvalue weighted by Gasteiger charge is -2.31. The van der Waals surface area contributed by atoms with Crippen LogP contribution in [0.5, 0.6) is 34.8 Å². The lowest BCUT2D eigenvalue weighted by Crippen LogP contribution is -2.41. The number of hydrogen-bond donors (Lipinski definition) is 0. The van der Waals surface area contributed by atoms with Crippen molar-refractivity contribution in [3.63, 3.8) is 0 Å². The molecule has 0 amide bonds. The summed E-state index contributed by atoms with van der Waals surface area (Å²) >= 11 is 0. The third-order valence-corrected chi connectivity index (χ3v) is 16.7. The van der Waals surface area contributed by atoms with E-state index in [-0.39, 0.29) is 44.1 Å². The molecule has 4 atom stereocenters. The van der Waals surface area contributed by atoms with E-state index in [4.69, 9.17) is 33.2 Å². The van der Waals surface area contributed by atoms with Crippen LogP contribution in [-0.4, -0.2) is 105 Å². The second-order valence-corrected chi connectivity index (χ2v) is 22.8. The van der Waals surface area contributed by atoms with Gasteiger partial charge in [-0.05, 0) is 111 Å². The second-order valence-electron chi connectivity index (χ2n) is 18.2. The largest absolute Gasteiger partial charge is 0.497 e. The summed E-state index contributed by atoms with van der Waals surface area (Å²) in [5.41, 5.74) is 4.45. The molecule has 400 valence electrons. The van der Waals surface area contributed by atoms with Gasteiger partial charge in [0.15, 0.2) is 0 Å². The summed E-state index contributed by atoms with van der Waals surface area (Å²) in [6.45, 7) is 12.1. The van der Waals surface area contributed by atoms with Gasteiger partial charge in [0.1, 0.15) is 34.4 Å². The van der Waals surface area contributed by atoms with E-state index < -0.39 is 36.7 Å². The standard InChI is InChI=1S/C28H37N3O5S.C27H35N3O6S/c1-20(2)15-26(27-16-30-28(36-6)17-29-27)21(3)37(32,33)31(18-22-7-11-24(34-4)12-8-22)19-23-9-13-25(35-5)14-10-23;1-19(2)36-27(25-15-29-26(35-6)16-28-25)20(3)37(31,32)30(17-21-7-11-23(33-4)12-8-21)18-22-9-13-24(34-5)14-10-22/h7-14,16-17,20-21,26H,15,18-19H2,1-6H3;7-16,19-20,27H,17-18H2,1-6H3/t21-,26+;20-,27+/m01/s1. The minimum absolute atomic E-state index is 0.172. The zero-order valence-electron chi connectivity index (χ0n) is 44.5. The van der Waals surface area contributed by atoms with Crippen molar-refractivity contribution in [1.29, 1.82) is 0 Å². The molecule has 0 saturated heterocycles. The minimum atomic E-state index is -3.89. The van der Waals surface area contributed by atoms with Gasteiger partial charge in [-0.2, -0.15) is 8.61 Å². The Labute approximate surface area is 438 Å². The van der Waals surface area contributed by atoms with Crippen molar-refractivity contribution in [2.24, 2.45) is 5.92 Å². The van der Waals surface area contributed by atoms with Crippen molar-refractivity contribution < 1.29 is 50.0 Å². The van der Waals surface area contributed by atoms with Gasteiger partial charge in [0.25, 0.3) is 0 Å². The van der Waals surface area contributed by atoms with E-state index in [1.165, 1.54) is 37.1 Å². The third kappa shape index (κ3) is 16.3. The molecule has 2 aromatic heterocycles. The monoisotopic (exact) mass is 1060 g/mol. The Morgan fingerprint density at radius 1 is 0.419 bits per heavy atom. The van der Waals surface area contributed by atoms with Crippen LogP contribution in [0, 0.1) is 5.92 Å². The first kappa shape index (κ1) is 58.5. The van der Waals surface area contributed by atoms with Crippen LogP contribution in [0.1, 0.15) is 93.6 Å². The first-order valence-electron chi connectivity index (χ1n) is 24.2. The summed E-state index contributed by atoms with van der Waals surface area (Å²) in [6, 6.07) is 29.6. The Hall–Kier alpha value is -6.38. The summed E-state index contributed by atoms with van der Waals surface area (Å²) in [4.78, 5) is 17.4. The van der Waals surface area contributed by atoms with Crippen LogP contribution in [0.4, 0.5) is 0 Å². The van der Waals surface area contributed by atoms with E-state index in [1.54, 1.807) is 52.8 Å². The van der Waals surface area contributed by atoms with E-state index in [0.29, 0.717) is 41.1 Å². The van der Waals surface area contributed by atoms with Crippen LogP contribution in [0.3, 0.4) is 0 Å². The average Bonchev–Trinajstić information content (AvgIpc) is 3.41. The fourth-order valence-corrected chi connectivity index (χ4v) is 11.5. The predicted octanol–water partition coefficient (Wildman–Crippen LogP) is 9.44. The van der Waals surface area contributed by atoms with E-state index in [9.17, 15) is 16.8 Å². The summed E-state index contributed by atoms with van der Waals surface area (Å²) in [5.74, 6) is 3.50. The molecule has 0 aliphatic rings. The molecular weight excluding hydrogens is 985 g/mol. The number of methoxy groups -OCH3 is 6. The van der Waals surface area contributed by atoms with Gasteiger partial charge in [-0.15, -0.1) is 0 Å². The number of rotatable bonds is 26. The highest BCUT2D eigenvalue weighted by molar-refractivity contribution is 7.90. The smallest absolute Gasteiger partial charge is 0.231 e. The molecule has 0 bridgehead atoms. The van der Waals surface area contributed by atoms with Gasteiger partial charge in [-0.25, -0.2) is 26.8 Å². The number of hydrogen-bond acceptors (Lipinski definition) is 15. The summed E-state index contributed by atoms with van der Waals surface area (Å²) in [7, 11) is 1.76.